The van der Waals surface area contributed by atoms with Crippen LogP contribution in [0.5, 0.6) is 0 Å². The van der Waals surface area contributed by atoms with Crippen molar-refractivity contribution in [2.24, 2.45) is 0 Å². The highest BCUT2D eigenvalue weighted by molar-refractivity contribution is 9.11. The van der Waals surface area contributed by atoms with Crippen LogP contribution in [0.25, 0.3) is 0 Å². The molecule has 0 unspecified atom stereocenters. The van der Waals surface area contributed by atoms with Gasteiger partial charge in [0.1, 0.15) is 0 Å². The molecule has 17 heavy (non-hydrogen) atoms. The molecule has 0 aliphatic heterocycles. The number of carbonyl (C=O) groups excluding carboxylic acids is 1. The van der Waals surface area contributed by atoms with Gasteiger partial charge in [0.2, 0.25) is 0 Å². The lowest BCUT2D eigenvalue weighted by Gasteiger charge is -2.12. The Labute approximate surface area is 114 Å². The Bertz CT molecular complexity index is 425. The van der Waals surface area contributed by atoms with E-state index in [0.29, 0.717) is 0 Å². The molecular formula is C13H16BrNOS. The van der Waals surface area contributed by atoms with Crippen molar-refractivity contribution in [3.05, 3.63) is 32.4 Å². The molecule has 4 heteroatoms. The van der Waals surface area contributed by atoms with E-state index in [1.54, 1.807) is 0 Å². The highest BCUT2D eigenvalue weighted by atomic mass is 79.9. The fourth-order valence-electron chi connectivity index (χ4n) is 2.00. The predicted octanol–water partition coefficient (Wildman–Crippen LogP) is 4.13. The highest BCUT2D eigenvalue weighted by Gasteiger charge is 2.08. The minimum Gasteiger partial charge on any atom is -0.352 e. The molecule has 0 spiro atoms. The normalized spacial score (nSPS) is 15.5. The lowest BCUT2D eigenvalue weighted by Crippen LogP contribution is -2.24. The zero-order chi connectivity index (χ0) is 12.1. The number of carbonyl (C=O) groups is 1. The number of hydrogen-bond donors (Lipinski definition) is 1. The second-order valence-electron chi connectivity index (χ2n) is 4.25. The van der Waals surface area contributed by atoms with Gasteiger partial charge in [-0.25, -0.2) is 0 Å². The standard InChI is InChI=1S/C13H16BrNOS/c14-12-8-11(9-17-12)13(16)15-7-6-10-4-2-1-3-5-10/h4,8-9H,1-3,5-7H2,(H,15,16). The lowest BCUT2D eigenvalue weighted by molar-refractivity contribution is 0.0954. The molecule has 0 aromatic carbocycles. The number of nitrogens with one attached hydrogen (secondary N) is 1. The van der Waals surface area contributed by atoms with Crippen LogP contribution in [0.4, 0.5) is 0 Å². The van der Waals surface area contributed by atoms with E-state index >= 15 is 0 Å². The van der Waals surface area contributed by atoms with Crippen molar-refractivity contribution in [1.82, 2.24) is 5.32 Å². The minimum absolute atomic E-state index is 0.0309. The molecule has 1 aliphatic rings. The SMILES string of the molecule is O=C(NCCC1=CCCCC1)c1csc(Br)c1. The molecule has 0 fully saturated rings. The van der Waals surface area contributed by atoms with Crippen LogP contribution < -0.4 is 5.32 Å². The number of allylic oxidation sites excluding steroid dienone is 1. The number of amides is 1. The molecule has 1 N–H and O–H groups in total. The van der Waals surface area contributed by atoms with E-state index in [-0.39, 0.29) is 5.91 Å². The Morgan fingerprint density at radius 2 is 2.35 bits per heavy atom. The van der Waals surface area contributed by atoms with Crippen LogP contribution >= 0.6 is 27.3 Å². The molecule has 1 aliphatic carbocycles. The largest absolute Gasteiger partial charge is 0.352 e. The first kappa shape index (κ1) is 12.8. The maximum Gasteiger partial charge on any atom is 0.252 e. The molecule has 1 aromatic rings. The van der Waals surface area contributed by atoms with Crippen LogP contribution in [0.2, 0.25) is 0 Å². The van der Waals surface area contributed by atoms with Gasteiger partial charge in [-0.05, 0) is 54.1 Å². The molecule has 0 atom stereocenters. The molecule has 0 radical (unpaired) electrons. The Morgan fingerprint density at radius 3 is 3.00 bits per heavy atom. The third-order valence-corrected chi connectivity index (χ3v) is 4.45. The molecule has 2 rings (SSSR count). The second-order valence-corrected chi connectivity index (χ2v) is 6.54. The molecular weight excluding hydrogens is 298 g/mol. The van der Waals surface area contributed by atoms with Crippen LogP contribution in [0, 0.1) is 0 Å². The van der Waals surface area contributed by atoms with Gasteiger partial charge in [-0.2, -0.15) is 0 Å². The topological polar surface area (TPSA) is 29.1 Å². The first-order valence-electron chi connectivity index (χ1n) is 5.96. The quantitative estimate of drug-likeness (QED) is 0.832. The average Bonchev–Trinajstić information content (AvgIpc) is 2.77. The zero-order valence-corrected chi connectivity index (χ0v) is 12.1. The summed E-state index contributed by atoms with van der Waals surface area (Å²) in [5, 5.41) is 4.84. The number of thiophene rings is 1. The van der Waals surface area contributed by atoms with Gasteiger partial charge in [-0.1, -0.05) is 11.6 Å². The highest BCUT2D eigenvalue weighted by Crippen LogP contribution is 2.21. The van der Waals surface area contributed by atoms with Crippen LogP contribution in [-0.4, -0.2) is 12.5 Å². The fraction of sp³-hybridized carbons (Fsp3) is 0.462. The summed E-state index contributed by atoms with van der Waals surface area (Å²) >= 11 is 4.90. The summed E-state index contributed by atoms with van der Waals surface area (Å²) in [6.07, 6.45) is 8.37. The van der Waals surface area contributed by atoms with Gasteiger partial charge in [0.25, 0.3) is 5.91 Å². The molecule has 0 bridgehead atoms. The van der Waals surface area contributed by atoms with Crippen molar-refractivity contribution in [3.8, 4) is 0 Å². The van der Waals surface area contributed by atoms with Crippen molar-refractivity contribution in [3.63, 3.8) is 0 Å². The summed E-state index contributed by atoms with van der Waals surface area (Å²) in [7, 11) is 0. The van der Waals surface area contributed by atoms with Gasteiger partial charge in [-0.15, -0.1) is 11.3 Å². The van der Waals surface area contributed by atoms with Crippen molar-refractivity contribution in [2.75, 3.05) is 6.54 Å². The Morgan fingerprint density at radius 1 is 1.47 bits per heavy atom. The fourth-order valence-corrected chi connectivity index (χ4v) is 3.14. The van der Waals surface area contributed by atoms with E-state index in [1.807, 2.05) is 11.4 Å². The van der Waals surface area contributed by atoms with Crippen molar-refractivity contribution < 1.29 is 4.79 Å². The molecule has 1 heterocycles. The molecule has 2 nitrogen and oxygen atoms in total. The Kier molecular flexibility index (Phi) is 4.80. The monoisotopic (exact) mass is 313 g/mol. The van der Waals surface area contributed by atoms with Crippen molar-refractivity contribution in [1.29, 1.82) is 0 Å². The summed E-state index contributed by atoms with van der Waals surface area (Å²) in [6, 6.07) is 1.86. The summed E-state index contributed by atoms with van der Waals surface area (Å²) in [5.41, 5.74) is 2.25. The molecule has 1 aromatic heterocycles. The van der Waals surface area contributed by atoms with Gasteiger partial charge in [0, 0.05) is 11.9 Å². The number of halogens is 1. The maximum absolute atomic E-state index is 11.8. The third-order valence-electron chi connectivity index (χ3n) is 2.95. The predicted molar refractivity (Wildman–Crippen MR) is 75.5 cm³/mol. The third kappa shape index (κ3) is 3.96. The van der Waals surface area contributed by atoms with E-state index in [9.17, 15) is 4.79 Å². The second kappa shape index (κ2) is 6.36. The molecule has 0 saturated carbocycles. The lowest BCUT2D eigenvalue weighted by atomic mass is 9.97. The average molecular weight is 314 g/mol. The Balaban J connectivity index is 1.75. The number of hydrogen-bond acceptors (Lipinski definition) is 2. The first-order chi connectivity index (χ1) is 8.25. The Hall–Kier alpha value is -0.610. The summed E-state index contributed by atoms with van der Waals surface area (Å²) in [6.45, 7) is 0.748. The summed E-state index contributed by atoms with van der Waals surface area (Å²) in [4.78, 5) is 11.8. The van der Waals surface area contributed by atoms with Crippen LogP contribution in [0.1, 0.15) is 42.5 Å². The first-order valence-corrected chi connectivity index (χ1v) is 7.63. The van der Waals surface area contributed by atoms with E-state index < -0.39 is 0 Å². The van der Waals surface area contributed by atoms with Gasteiger partial charge >= 0.3 is 0 Å². The number of rotatable bonds is 4. The van der Waals surface area contributed by atoms with Gasteiger partial charge in [0.05, 0.1) is 9.35 Å². The van der Waals surface area contributed by atoms with Crippen molar-refractivity contribution in [2.45, 2.75) is 32.1 Å². The molecule has 92 valence electrons. The van der Waals surface area contributed by atoms with E-state index in [1.165, 1.54) is 42.6 Å². The smallest absolute Gasteiger partial charge is 0.252 e. The zero-order valence-electron chi connectivity index (χ0n) is 9.67. The van der Waals surface area contributed by atoms with E-state index in [0.717, 1.165) is 22.3 Å². The summed E-state index contributed by atoms with van der Waals surface area (Å²) in [5.74, 6) is 0.0309. The maximum atomic E-state index is 11.8. The molecule has 1 amide bonds. The van der Waals surface area contributed by atoms with Gasteiger partial charge in [-0.3, -0.25) is 4.79 Å². The summed E-state index contributed by atoms with van der Waals surface area (Å²) < 4.78 is 0.998. The van der Waals surface area contributed by atoms with E-state index in [4.69, 9.17) is 0 Å². The van der Waals surface area contributed by atoms with E-state index in [2.05, 4.69) is 27.3 Å². The van der Waals surface area contributed by atoms with Crippen LogP contribution in [0.3, 0.4) is 0 Å². The van der Waals surface area contributed by atoms with Gasteiger partial charge < -0.3 is 5.32 Å². The van der Waals surface area contributed by atoms with Gasteiger partial charge in [0.15, 0.2) is 0 Å². The van der Waals surface area contributed by atoms with Crippen LogP contribution in [-0.2, 0) is 0 Å². The van der Waals surface area contributed by atoms with Crippen molar-refractivity contribution >= 4 is 33.2 Å². The minimum atomic E-state index is 0.0309. The molecule has 0 saturated heterocycles. The van der Waals surface area contributed by atoms with Crippen LogP contribution in [0.15, 0.2) is 26.9 Å².